The Balaban J connectivity index is 2.79. The summed E-state index contributed by atoms with van der Waals surface area (Å²) in [4.78, 5) is 12.8. The maximum atomic E-state index is 10.9. The number of hydrogen-bond donors (Lipinski definition) is 1. The Hall–Kier alpha value is -0.870. The molecular weight excluding hydrogens is 282 g/mol. The van der Waals surface area contributed by atoms with Crippen molar-refractivity contribution in [3.8, 4) is 0 Å². The standard InChI is InChI=1S/C13H18BrNO2/c1-3-10(2)15(9-13(16)17)8-11-6-4-5-7-12(11)14/h4-7,10H,3,8-9H2,1-2H3,(H,16,17). The average molecular weight is 300 g/mol. The van der Waals surface area contributed by atoms with E-state index in [-0.39, 0.29) is 12.6 Å². The lowest BCUT2D eigenvalue weighted by atomic mass is 10.1. The molecular formula is C13H18BrNO2. The zero-order valence-electron chi connectivity index (χ0n) is 10.2. The van der Waals surface area contributed by atoms with Gasteiger partial charge in [-0.25, -0.2) is 0 Å². The van der Waals surface area contributed by atoms with E-state index in [0.717, 1.165) is 16.5 Å². The van der Waals surface area contributed by atoms with Crippen LogP contribution < -0.4 is 0 Å². The molecule has 4 heteroatoms. The number of aliphatic carboxylic acids is 1. The molecule has 1 aromatic rings. The number of carboxylic acid groups (broad SMARTS) is 1. The Kier molecular flexibility index (Phi) is 5.65. The van der Waals surface area contributed by atoms with Crippen LogP contribution in [0.1, 0.15) is 25.8 Å². The smallest absolute Gasteiger partial charge is 0.317 e. The Morgan fingerprint density at radius 2 is 2.12 bits per heavy atom. The van der Waals surface area contributed by atoms with Crippen LogP contribution >= 0.6 is 15.9 Å². The molecule has 0 spiro atoms. The van der Waals surface area contributed by atoms with Crippen LogP contribution in [0.2, 0.25) is 0 Å². The first-order chi connectivity index (χ1) is 8.04. The van der Waals surface area contributed by atoms with Gasteiger partial charge in [-0.05, 0) is 25.0 Å². The molecule has 0 fully saturated rings. The maximum absolute atomic E-state index is 10.9. The van der Waals surface area contributed by atoms with Gasteiger partial charge in [0.05, 0.1) is 6.54 Å². The summed E-state index contributed by atoms with van der Waals surface area (Å²) in [6.07, 6.45) is 0.942. The molecule has 94 valence electrons. The van der Waals surface area contributed by atoms with E-state index in [1.54, 1.807) is 0 Å². The molecule has 0 aliphatic rings. The highest BCUT2D eigenvalue weighted by atomic mass is 79.9. The van der Waals surface area contributed by atoms with Crippen molar-refractivity contribution >= 4 is 21.9 Å². The fourth-order valence-corrected chi connectivity index (χ4v) is 2.06. The Labute approximate surface area is 111 Å². The number of benzene rings is 1. The lowest BCUT2D eigenvalue weighted by molar-refractivity contribution is -0.139. The molecule has 0 radical (unpaired) electrons. The van der Waals surface area contributed by atoms with Gasteiger partial charge in [-0.2, -0.15) is 0 Å². The van der Waals surface area contributed by atoms with Crippen LogP contribution in [0.4, 0.5) is 0 Å². The van der Waals surface area contributed by atoms with Gasteiger partial charge in [-0.3, -0.25) is 9.69 Å². The highest BCUT2D eigenvalue weighted by Crippen LogP contribution is 2.19. The van der Waals surface area contributed by atoms with Crippen molar-refractivity contribution in [2.45, 2.75) is 32.9 Å². The summed E-state index contributed by atoms with van der Waals surface area (Å²) < 4.78 is 1.03. The molecule has 0 aromatic heterocycles. The molecule has 0 heterocycles. The molecule has 0 saturated carbocycles. The second-order valence-electron chi connectivity index (χ2n) is 4.15. The summed E-state index contributed by atoms with van der Waals surface area (Å²) >= 11 is 3.49. The van der Waals surface area contributed by atoms with E-state index in [1.807, 2.05) is 29.2 Å². The minimum Gasteiger partial charge on any atom is -0.480 e. The predicted molar refractivity (Wildman–Crippen MR) is 71.9 cm³/mol. The molecule has 3 nitrogen and oxygen atoms in total. The molecule has 0 aliphatic heterocycles. The van der Waals surface area contributed by atoms with Gasteiger partial charge in [-0.1, -0.05) is 41.1 Å². The van der Waals surface area contributed by atoms with Crippen molar-refractivity contribution in [1.82, 2.24) is 4.90 Å². The first-order valence-corrected chi connectivity index (χ1v) is 6.53. The van der Waals surface area contributed by atoms with Crippen LogP contribution in [0.15, 0.2) is 28.7 Å². The van der Waals surface area contributed by atoms with E-state index >= 15 is 0 Å². The zero-order chi connectivity index (χ0) is 12.8. The van der Waals surface area contributed by atoms with Gasteiger partial charge in [0.15, 0.2) is 0 Å². The fourth-order valence-electron chi connectivity index (χ4n) is 1.64. The van der Waals surface area contributed by atoms with Crippen LogP contribution in [0, 0.1) is 0 Å². The largest absolute Gasteiger partial charge is 0.480 e. The lowest BCUT2D eigenvalue weighted by Crippen LogP contribution is -2.36. The van der Waals surface area contributed by atoms with Gasteiger partial charge in [0.1, 0.15) is 0 Å². The third-order valence-electron chi connectivity index (χ3n) is 2.88. The number of rotatable bonds is 6. The normalized spacial score (nSPS) is 12.7. The molecule has 1 unspecified atom stereocenters. The van der Waals surface area contributed by atoms with Crippen LogP contribution in [0.3, 0.4) is 0 Å². The quantitative estimate of drug-likeness (QED) is 0.877. The highest BCUT2D eigenvalue weighted by Gasteiger charge is 2.16. The molecule has 0 bridgehead atoms. The number of halogens is 1. The molecule has 0 amide bonds. The summed E-state index contributed by atoms with van der Waals surface area (Å²) in [6.45, 7) is 4.86. The number of carboxylic acids is 1. The van der Waals surface area contributed by atoms with Crippen molar-refractivity contribution in [2.75, 3.05) is 6.54 Å². The highest BCUT2D eigenvalue weighted by molar-refractivity contribution is 9.10. The van der Waals surface area contributed by atoms with Gasteiger partial charge >= 0.3 is 5.97 Å². The summed E-state index contributed by atoms with van der Waals surface area (Å²) in [5.41, 5.74) is 1.12. The Morgan fingerprint density at radius 1 is 1.47 bits per heavy atom. The van der Waals surface area contributed by atoms with E-state index in [1.165, 1.54) is 0 Å². The topological polar surface area (TPSA) is 40.5 Å². The van der Waals surface area contributed by atoms with E-state index < -0.39 is 5.97 Å². The minimum absolute atomic E-state index is 0.0797. The summed E-state index contributed by atoms with van der Waals surface area (Å²) in [5.74, 6) is -0.780. The van der Waals surface area contributed by atoms with E-state index in [0.29, 0.717) is 6.54 Å². The Bertz CT molecular complexity index is 381. The van der Waals surface area contributed by atoms with Crippen molar-refractivity contribution in [3.63, 3.8) is 0 Å². The third-order valence-corrected chi connectivity index (χ3v) is 3.66. The summed E-state index contributed by atoms with van der Waals surface area (Å²) in [7, 11) is 0. The van der Waals surface area contributed by atoms with E-state index in [9.17, 15) is 4.79 Å². The van der Waals surface area contributed by atoms with Crippen molar-refractivity contribution in [1.29, 1.82) is 0 Å². The summed E-state index contributed by atoms with van der Waals surface area (Å²) in [5, 5.41) is 8.92. The van der Waals surface area contributed by atoms with Crippen LogP contribution in [0.5, 0.6) is 0 Å². The molecule has 1 rings (SSSR count). The fraction of sp³-hybridized carbons (Fsp3) is 0.462. The molecule has 1 aromatic carbocycles. The van der Waals surface area contributed by atoms with Crippen LogP contribution in [-0.4, -0.2) is 28.6 Å². The maximum Gasteiger partial charge on any atom is 0.317 e. The van der Waals surface area contributed by atoms with E-state index in [4.69, 9.17) is 5.11 Å². The first-order valence-electron chi connectivity index (χ1n) is 5.73. The Morgan fingerprint density at radius 3 is 2.65 bits per heavy atom. The molecule has 0 aliphatic carbocycles. The molecule has 1 N–H and O–H groups in total. The number of hydrogen-bond acceptors (Lipinski definition) is 2. The van der Waals surface area contributed by atoms with Crippen LogP contribution in [0.25, 0.3) is 0 Å². The molecule has 0 saturated heterocycles. The van der Waals surface area contributed by atoms with Crippen molar-refractivity contribution < 1.29 is 9.90 Å². The molecule has 17 heavy (non-hydrogen) atoms. The van der Waals surface area contributed by atoms with Gasteiger partial charge < -0.3 is 5.11 Å². The second kappa shape index (κ2) is 6.77. The number of nitrogens with zero attached hydrogens (tertiary/aromatic N) is 1. The SMILES string of the molecule is CCC(C)N(CC(=O)O)Cc1ccccc1Br. The average Bonchev–Trinajstić information content (AvgIpc) is 2.29. The van der Waals surface area contributed by atoms with Crippen molar-refractivity contribution in [2.24, 2.45) is 0 Å². The van der Waals surface area contributed by atoms with Gasteiger partial charge in [-0.15, -0.1) is 0 Å². The van der Waals surface area contributed by atoms with Gasteiger partial charge in [0, 0.05) is 17.1 Å². The lowest BCUT2D eigenvalue weighted by Gasteiger charge is -2.27. The van der Waals surface area contributed by atoms with E-state index in [2.05, 4.69) is 29.8 Å². The number of carbonyl (C=O) groups is 1. The minimum atomic E-state index is -0.780. The van der Waals surface area contributed by atoms with Crippen LogP contribution in [-0.2, 0) is 11.3 Å². The second-order valence-corrected chi connectivity index (χ2v) is 5.00. The third kappa shape index (κ3) is 4.48. The summed E-state index contributed by atoms with van der Waals surface area (Å²) in [6, 6.07) is 8.18. The van der Waals surface area contributed by atoms with Gasteiger partial charge in [0.25, 0.3) is 0 Å². The van der Waals surface area contributed by atoms with Gasteiger partial charge in [0.2, 0.25) is 0 Å². The monoisotopic (exact) mass is 299 g/mol. The molecule has 1 atom stereocenters. The zero-order valence-corrected chi connectivity index (χ0v) is 11.8. The first kappa shape index (κ1) is 14.2. The van der Waals surface area contributed by atoms with Crippen molar-refractivity contribution in [3.05, 3.63) is 34.3 Å². The predicted octanol–water partition coefficient (Wildman–Crippen LogP) is 3.13.